The smallest absolute Gasteiger partial charge is 0.242 e. The highest BCUT2D eigenvalue weighted by Gasteiger charge is 2.42. The molecule has 0 aliphatic carbocycles. The number of likely N-dealkylation sites (tertiary alicyclic amines) is 2. The first-order valence-electron chi connectivity index (χ1n) is 6.38. The maximum Gasteiger partial charge on any atom is 0.242 e. The zero-order chi connectivity index (χ0) is 13.4. The van der Waals surface area contributed by atoms with Crippen LogP contribution in [0.25, 0.3) is 0 Å². The molecule has 6 heteroatoms. The van der Waals surface area contributed by atoms with Crippen LogP contribution in [-0.2, 0) is 20.9 Å². The monoisotopic (exact) mass is 261 g/mol. The van der Waals surface area contributed by atoms with Crippen LogP contribution in [0.15, 0.2) is 24.5 Å². The number of imide groups is 1. The summed E-state index contributed by atoms with van der Waals surface area (Å²) in [7, 11) is 0. The number of hydrogen-bond donors (Lipinski definition) is 0. The summed E-state index contributed by atoms with van der Waals surface area (Å²) in [4.78, 5) is 38.0. The van der Waals surface area contributed by atoms with E-state index in [0.717, 1.165) is 0 Å². The third-order valence-electron chi connectivity index (χ3n) is 3.65. The van der Waals surface area contributed by atoms with Crippen molar-refractivity contribution >= 4 is 17.7 Å². The lowest BCUT2D eigenvalue weighted by molar-refractivity contribution is -0.151. The second-order valence-electron chi connectivity index (χ2n) is 4.97. The molecular formula is C13H15N3O3. The minimum Gasteiger partial charge on any atom is -0.345 e. The van der Waals surface area contributed by atoms with E-state index in [4.69, 9.17) is 0 Å². The van der Waals surface area contributed by atoms with Crippen molar-refractivity contribution in [3.05, 3.63) is 24.5 Å². The molecule has 0 spiro atoms. The van der Waals surface area contributed by atoms with Gasteiger partial charge >= 0.3 is 0 Å². The van der Waals surface area contributed by atoms with E-state index in [1.165, 1.54) is 4.90 Å². The van der Waals surface area contributed by atoms with E-state index in [9.17, 15) is 14.4 Å². The second-order valence-corrected chi connectivity index (χ2v) is 4.97. The number of aromatic nitrogens is 1. The molecule has 1 aromatic heterocycles. The standard InChI is InChI=1S/C13H15N3O3/c17-11-3-4-12(18)16(11)10-7-15(8-10)13(19)9-14-5-1-2-6-14/h1-2,5-6,10H,3-4,7-9H2. The number of hydrogen-bond acceptors (Lipinski definition) is 3. The summed E-state index contributed by atoms with van der Waals surface area (Å²) in [5.41, 5.74) is 0. The van der Waals surface area contributed by atoms with Crippen LogP contribution in [0, 0.1) is 0 Å². The minimum absolute atomic E-state index is 0.0199. The molecule has 0 aromatic carbocycles. The maximum atomic E-state index is 11.9. The molecule has 100 valence electrons. The molecule has 3 rings (SSSR count). The Bertz CT molecular complexity index is 501. The topological polar surface area (TPSA) is 62.6 Å². The fraction of sp³-hybridized carbons (Fsp3) is 0.462. The first-order valence-corrected chi connectivity index (χ1v) is 6.38. The Morgan fingerprint density at radius 2 is 1.68 bits per heavy atom. The van der Waals surface area contributed by atoms with Crippen molar-refractivity contribution in [2.75, 3.05) is 13.1 Å². The Morgan fingerprint density at radius 3 is 2.26 bits per heavy atom. The van der Waals surface area contributed by atoms with Gasteiger partial charge in [-0.05, 0) is 12.1 Å². The van der Waals surface area contributed by atoms with E-state index in [1.54, 1.807) is 4.90 Å². The van der Waals surface area contributed by atoms with Crippen LogP contribution in [-0.4, -0.2) is 51.2 Å². The second kappa shape index (κ2) is 4.53. The van der Waals surface area contributed by atoms with Crippen LogP contribution in [0.5, 0.6) is 0 Å². The van der Waals surface area contributed by atoms with Gasteiger partial charge in [-0.2, -0.15) is 0 Å². The molecule has 3 amide bonds. The highest BCUT2D eigenvalue weighted by atomic mass is 16.2. The first kappa shape index (κ1) is 12.0. The van der Waals surface area contributed by atoms with Gasteiger partial charge in [-0.1, -0.05) is 0 Å². The fourth-order valence-electron chi connectivity index (χ4n) is 2.56. The molecule has 0 saturated carbocycles. The number of amides is 3. The largest absolute Gasteiger partial charge is 0.345 e. The summed E-state index contributed by atoms with van der Waals surface area (Å²) in [5.74, 6) is -0.188. The van der Waals surface area contributed by atoms with Crippen LogP contribution < -0.4 is 0 Å². The van der Waals surface area contributed by atoms with Crippen molar-refractivity contribution in [3.8, 4) is 0 Å². The van der Waals surface area contributed by atoms with Crippen LogP contribution >= 0.6 is 0 Å². The van der Waals surface area contributed by atoms with Crippen molar-refractivity contribution in [3.63, 3.8) is 0 Å². The van der Waals surface area contributed by atoms with E-state index in [0.29, 0.717) is 32.5 Å². The van der Waals surface area contributed by atoms with Gasteiger partial charge in [-0.3, -0.25) is 19.3 Å². The van der Waals surface area contributed by atoms with E-state index < -0.39 is 0 Å². The van der Waals surface area contributed by atoms with Crippen LogP contribution in [0.1, 0.15) is 12.8 Å². The van der Waals surface area contributed by atoms with Gasteiger partial charge in [-0.25, -0.2) is 0 Å². The summed E-state index contributed by atoms with van der Waals surface area (Å²) >= 11 is 0. The van der Waals surface area contributed by atoms with Gasteiger partial charge in [0.15, 0.2) is 0 Å². The van der Waals surface area contributed by atoms with Crippen molar-refractivity contribution < 1.29 is 14.4 Å². The quantitative estimate of drug-likeness (QED) is 0.711. The molecule has 2 saturated heterocycles. The molecule has 2 aliphatic rings. The number of carbonyl (C=O) groups is 3. The predicted octanol–water partition coefficient (Wildman–Crippen LogP) is -0.152. The lowest BCUT2D eigenvalue weighted by atomic mass is 10.1. The van der Waals surface area contributed by atoms with E-state index in [-0.39, 0.29) is 23.8 Å². The third-order valence-corrected chi connectivity index (χ3v) is 3.65. The van der Waals surface area contributed by atoms with Crippen molar-refractivity contribution in [2.45, 2.75) is 25.4 Å². The van der Waals surface area contributed by atoms with Crippen molar-refractivity contribution in [1.82, 2.24) is 14.4 Å². The highest BCUT2D eigenvalue weighted by molar-refractivity contribution is 6.02. The molecule has 2 fully saturated rings. The molecule has 2 aliphatic heterocycles. The van der Waals surface area contributed by atoms with Gasteiger partial charge in [0.2, 0.25) is 17.7 Å². The average molecular weight is 261 g/mol. The average Bonchev–Trinajstić information content (AvgIpc) is 2.91. The van der Waals surface area contributed by atoms with Crippen LogP contribution in [0.3, 0.4) is 0 Å². The number of rotatable bonds is 3. The van der Waals surface area contributed by atoms with E-state index in [2.05, 4.69) is 0 Å². The first-order chi connectivity index (χ1) is 9.15. The molecule has 3 heterocycles. The molecular weight excluding hydrogens is 246 g/mol. The normalized spacial score (nSPS) is 20.0. The Kier molecular flexibility index (Phi) is 2.85. The summed E-state index contributed by atoms with van der Waals surface area (Å²) in [5, 5.41) is 0. The minimum atomic E-state index is -0.115. The van der Waals surface area contributed by atoms with Gasteiger partial charge in [0.25, 0.3) is 0 Å². The van der Waals surface area contributed by atoms with Crippen LogP contribution in [0.4, 0.5) is 0 Å². The van der Waals surface area contributed by atoms with Gasteiger partial charge in [0.1, 0.15) is 6.54 Å². The molecule has 6 nitrogen and oxygen atoms in total. The third kappa shape index (κ3) is 2.14. The predicted molar refractivity (Wildman–Crippen MR) is 65.9 cm³/mol. The van der Waals surface area contributed by atoms with Crippen LogP contribution in [0.2, 0.25) is 0 Å². The fourth-order valence-corrected chi connectivity index (χ4v) is 2.56. The van der Waals surface area contributed by atoms with Crippen molar-refractivity contribution in [2.24, 2.45) is 0 Å². The van der Waals surface area contributed by atoms with Gasteiger partial charge < -0.3 is 9.47 Å². The van der Waals surface area contributed by atoms with Crippen molar-refractivity contribution in [1.29, 1.82) is 0 Å². The SMILES string of the molecule is O=C(Cn1cccc1)N1CC(N2C(=O)CCC2=O)C1. The molecule has 0 unspecified atom stereocenters. The Balaban J connectivity index is 1.54. The molecule has 0 N–H and O–H groups in total. The van der Waals surface area contributed by atoms with E-state index in [1.807, 2.05) is 29.1 Å². The Hall–Kier alpha value is -2.11. The van der Waals surface area contributed by atoms with E-state index >= 15 is 0 Å². The highest BCUT2D eigenvalue weighted by Crippen LogP contribution is 2.22. The Morgan fingerprint density at radius 1 is 1.11 bits per heavy atom. The maximum absolute atomic E-state index is 11.9. The molecule has 19 heavy (non-hydrogen) atoms. The zero-order valence-electron chi connectivity index (χ0n) is 10.5. The van der Waals surface area contributed by atoms with Gasteiger partial charge in [0.05, 0.1) is 6.04 Å². The summed E-state index contributed by atoms with van der Waals surface area (Å²) in [6.07, 6.45) is 4.30. The Labute approximate surface area is 110 Å². The van der Waals surface area contributed by atoms with Gasteiger partial charge in [0, 0.05) is 38.3 Å². The summed E-state index contributed by atoms with van der Waals surface area (Å²) < 4.78 is 1.81. The number of nitrogens with zero attached hydrogens (tertiary/aromatic N) is 3. The lowest BCUT2D eigenvalue weighted by Crippen LogP contribution is -2.62. The molecule has 0 radical (unpaired) electrons. The number of carbonyl (C=O) groups excluding carboxylic acids is 3. The zero-order valence-corrected chi connectivity index (χ0v) is 10.5. The summed E-state index contributed by atoms with van der Waals surface area (Å²) in [6.45, 7) is 1.25. The van der Waals surface area contributed by atoms with Gasteiger partial charge in [-0.15, -0.1) is 0 Å². The molecule has 0 atom stereocenters. The lowest BCUT2D eigenvalue weighted by Gasteiger charge is -2.43. The summed E-state index contributed by atoms with van der Waals surface area (Å²) in [6, 6.07) is 3.62. The molecule has 1 aromatic rings. The molecule has 0 bridgehead atoms.